The summed E-state index contributed by atoms with van der Waals surface area (Å²) in [5.41, 5.74) is 0.788. The van der Waals surface area contributed by atoms with Crippen molar-refractivity contribution in [1.29, 1.82) is 0 Å². The SMILES string of the molecule is COC1CN(C(=O)c2ncccc2C#CCO)CC1OC. The Balaban J connectivity index is 2.21. The van der Waals surface area contributed by atoms with E-state index in [1.807, 2.05) is 0 Å². The first kappa shape index (κ1) is 15.4. The summed E-state index contributed by atoms with van der Waals surface area (Å²) in [7, 11) is 3.20. The van der Waals surface area contributed by atoms with E-state index in [1.54, 1.807) is 37.4 Å². The largest absolute Gasteiger partial charge is 0.384 e. The minimum atomic E-state index is -0.260. The number of likely N-dealkylation sites (tertiary alicyclic amines) is 1. The molecule has 1 saturated heterocycles. The van der Waals surface area contributed by atoms with Crippen LogP contribution in [0.15, 0.2) is 18.3 Å². The third kappa shape index (κ3) is 3.39. The number of carbonyl (C=O) groups excluding carboxylic acids is 1. The molecule has 0 saturated carbocycles. The number of carbonyl (C=O) groups is 1. The Kier molecular flexibility index (Phi) is 5.28. The van der Waals surface area contributed by atoms with Crippen molar-refractivity contribution >= 4 is 5.91 Å². The number of hydrogen-bond donors (Lipinski definition) is 1. The maximum absolute atomic E-state index is 12.6. The predicted octanol–water partition coefficient (Wildman–Crippen LogP) is -0.0888. The maximum atomic E-state index is 12.6. The minimum absolute atomic E-state index is 0.144. The molecule has 6 nitrogen and oxygen atoms in total. The van der Waals surface area contributed by atoms with Gasteiger partial charge in [0.1, 0.15) is 24.5 Å². The fourth-order valence-electron chi connectivity index (χ4n) is 2.32. The van der Waals surface area contributed by atoms with Gasteiger partial charge in [-0.3, -0.25) is 4.79 Å². The smallest absolute Gasteiger partial charge is 0.273 e. The molecule has 1 aromatic rings. The molecule has 2 atom stereocenters. The van der Waals surface area contributed by atoms with Crippen LogP contribution in [0.5, 0.6) is 0 Å². The third-order valence-corrected chi connectivity index (χ3v) is 3.42. The van der Waals surface area contributed by atoms with Crippen LogP contribution in [0.4, 0.5) is 0 Å². The molecule has 1 aliphatic rings. The molecule has 2 heterocycles. The molecule has 0 spiro atoms. The lowest BCUT2D eigenvalue weighted by Crippen LogP contribution is -2.31. The van der Waals surface area contributed by atoms with Crippen molar-refractivity contribution in [3.8, 4) is 11.8 Å². The highest BCUT2D eigenvalue weighted by atomic mass is 16.5. The summed E-state index contributed by atoms with van der Waals surface area (Å²) in [6, 6.07) is 3.42. The topological polar surface area (TPSA) is 71.9 Å². The Morgan fingerprint density at radius 2 is 2.10 bits per heavy atom. The number of methoxy groups -OCH3 is 2. The Morgan fingerprint density at radius 1 is 1.43 bits per heavy atom. The molecule has 1 amide bonds. The molecule has 1 N–H and O–H groups in total. The standard InChI is InChI=1S/C15H18N2O4/c1-20-12-9-17(10-13(12)21-2)15(19)14-11(6-4-8-18)5-3-7-16-14/h3,5,7,12-13,18H,8-10H2,1-2H3. The van der Waals surface area contributed by atoms with Crippen LogP contribution in [-0.4, -0.2) is 67.0 Å². The first-order valence-corrected chi connectivity index (χ1v) is 6.60. The summed E-state index contributed by atoms with van der Waals surface area (Å²) in [6.07, 6.45) is 1.26. The lowest BCUT2D eigenvalue weighted by molar-refractivity contribution is -0.00461. The van der Waals surface area contributed by atoms with Crippen LogP contribution in [0.1, 0.15) is 16.1 Å². The molecular formula is C15H18N2O4. The van der Waals surface area contributed by atoms with E-state index < -0.39 is 0 Å². The van der Waals surface area contributed by atoms with E-state index in [4.69, 9.17) is 14.6 Å². The molecule has 2 rings (SSSR count). The van der Waals surface area contributed by atoms with Gasteiger partial charge in [0.25, 0.3) is 5.91 Å². The second kappa shape index (κ2) is 7.18. The fraction of sp³-hybridized carbons (Fsp3) is 0.467. The Bertz CT molecular complexity index is 552. The molecule has 21 heavy (non-hydrogen) atoms. The number of rotatable bonds is 3. The molecule has 6 heteroatoms. The summed E-state index contributed by atoms with van der Waals surface area (Å²) in [6.45, 7) is 0.651. The molecule has 2 unspecified atom stereocenters. The molecular weight excluding hydrogens is 272 g/mol. The second-order valence-electron chi connectivity index (χ2n) is 4.62. The molecule has 1 fully saturated rings. The van der Waals surface area contributed by atoms with E-state index in [9.17, 15) is 4.79 Å². The highest BCUT2D eigenvalue weighted by Crippen LogP contribution is 2.18. The zero-order valence-corrected chi connectivity index (χ0v) is 12.1. The van der Waals surface area contributed by atoms with E-state index in [2.05, 4.69) is 16.8 Å². The number of nitrogens with zero attached hydrogens (tertiary/aromatic N) is 2. The van der Waals surface area contributed by atoms with Crippen LogP contribution in [0.25, 0.3) is 0 Å². The van der Waals surface area contributed by atoms with Gasteiger partial charge in [-0.05, 0) is 12.1 Å². The van der Waals surface area contributed by atoms with Crippen molar-refractivity contribution in [2.24, 2.45) is 0 Å². The third-order valence-electron chi connectivity index (χ3n) is 3.42. The van der Waals surface area contributed by atoms with Crippen molar-refractivity contribution in [3.63, 3.8) is 0 Å². The van der Waals surface area contributed by atoms with E-state index in [0.29, 0.717) is 18.7 Å². The summed E-state index contributed by atoms with van der Waals surface area (Å²) in [5.74, 6) is 5.07. The van der Waals surface area contributed by atoms with E-state index in [0.717, 1.165) is 0 Å². The summed E-state index contributed by atoms with van der Waals surface area (Å²) < 4.78 is 10.7. The lowest BCUT2D eigenvalue weighted by atomic mass is 10.2. The summed E-state index contributed by atoms with van der Waals surface area (Å²) in [4.78, 5) is 18.3. The first-order valence-electron chi connectivity index (χ1n) is 6.60. The molecule has 0 aliphatic carbocycles. The number of ether oxygens (including phenoxy) is 2. The zero-order valence-electron chi connectivity index (χ0n) is 12.1. The van der Waals surface area contributed by atoms with Gasteiger partial charge in [0.15, 0.2) is 0 Å². The first-order chi connectivity index (χ1) is 10.2. The molecule has 0 radical (unpaired) electrons. The minimum Gasteiger partial charge on any atom is -0.384 e. The normalized spacial score (nSPS) is 21.0. The number of hydrogen-bond acceptors (Lipinski definition) is 5. The van der Waals surface area contributed by atoms with Crippen molar-refractivity contribution in [2.75, 3.05) is 33.9 Å². The van der Waals surface area contributed by atoms with E-state index >= 15 is 0 Å². The highest BCUT2D eigenvalue weighted by molar-refractivity contribution is 5.95. The lowest BCUT2D eigenvalue weighted by Gasteiger charge is -2.15. The zero-order chi connectivity index (χ0) is 15.2. The van der Waals surface area contributed by atoms with Gasteiger partial charge in [-0.1, -0.05) is 11.8 Å². The summed E-state index contributed by atoms with van der Waals surface area (Å²) >= 11 is 0. The van der Waals surface area contributed by atoms with Crippen LogP contribution < -0.4 is 0 Å². The fourth-order valence-corrected chi connectivity index (χ4v) is 2.32. The monoisotopic (exact) mass is 290 g/mol. The van der Waals surface area contributed by atoms with Crippen LogP contribution >= 0.6 is 0 Å². The van der Waals surface area contributed by atoms with Gasteiger partial charge < -0.3 is 19.5 Å². The quantitative estimate of drug-likeness (QED) is 0.788. The molecule has 1 aliphatic heterocycles. The van der Waals surface area contributed by atoms with Gasteiger partial charge in [0, 0.05) is 33.5 Å². The average molecular weight is 290 g/mol. The van der Waals surface area contributed by atoms with Crippen molar-refractivity contribution in [3.05, 3.63) is 29.6 Å². The van der Waals surface area contributed by atoms with E-state index in [-0.39, 0.29) is 30.4 Å². The molecule has 112 valence electrons. The second-order valence-corrected chi connectivity index (χ2v) is 4.62. The average Bonchev–Trinajstić information content (AvgIpc) is 2.95. The number of aliphatic hydroxyl groups excluding tert-OH is 1. The van der Waals surface area contributed by atoms with Crippen LogP contribution in [-0.2, 0) is 9.47 Å². The van der Waals surface area contributed by atoms with Crippen LogP contribution in [0, 0.1) is 11.8 Å². The number of amides is 1. The molecule has 1 aromatic heterocycles. The van der Waals surface area contributed by atoms with Gasteiger partial charge in [-0.25, -0.2) is 4.98 Å². The molecule has 0 bridgehead atoms. The summed E-state index contributed by atoms with van der Waals surface area (Å²) in [5, 5.41) is 8.78. The van der Waals surface area contributed by atoms with Crippen LogP contribution in [0.3, 0.4) is 0 Å². The van der Waals surface area contributed by atoms with Gasteiger partial charge in [0.05, 0.1) is 5.56 Å². The number of pyridine rings is 1. The molecule has 0 aromatic carbocycles. The number of aliphatic hydroxyl groups is 1. The van der Waals surface area contributed by atoms with Gasteiger partial charge in [-0.15, -0.1) is 0 Å². The van der Waals surface area contributed by atoms with Gasteiger partial charge >= 0.3 is 0 Å². The highest BCUT2D eigenvalue weighted by Gasteiger charge is 2.36. The van der Waals surface area contributed by atoms with Crippen LogP contribution in [0.2, 0.25) is 0 Å². The van der Waals surface area contributed by atoms with Crippen molar-refractivity contribution in [1.82, 2.24) is 9.88 Å². The maximum Gasteiger partial charge on any atom is 0.273 e. The Hall–Kier alpha value is -1.94. The van der Waals surface area contributed by atoms with Gasteiger partial charge in [0.2, 0.25) is 0 Å². The van der Waals surface area contributed by atoms with Gasteiger partial charge in [-0.2, -0.15) is 0 Å². The predicted molar refractivity (Wildman–Crippen MR) is 75.7 cm³/mol. The van der Waals surface area contributed by atoms with E-state index in [1.165, 1.54) is 0 Å². The number of aromatic nitrogens is 1. The van der Waals surface area contributed by atoms with Crippen molar-refractivity contribution in [2.45, 2.75) is 12.2 Å². The van der Waals surface area contributed by atoms with Crippen molar-refractivity contribution < 1.29 is 19.4 Å². The Labute approximate surface area is 123 Å². The Morgan fingerprint density at radius 3 is 2.67 bits per heavy atom.